The van der Waals surface area contributed by atoms with Gasteiger partial charge in [-0.3, -0.25) is 4.79 Å². The van der Waals surface area contributed by atoms with Crippen molar-refractivity contribution in [1.82, 2.24) is 4.98 Å². The number of nitrogens with zero attached hydrogens (tertiary/aromatic N) is 2. The quantitative estimate of drug-likeness (QED) is 0.867. The minimum atomic E-state index is -0.0320. The van der Waals surface area contributed by atoms with Gasteiger partial charge in [0.05, 0.1) is 11.4 Å². The number of carbonyl (C=O) groups is 1. The highest BCUT2D eigenvalue weighted by Gasteiger charge is 2.28. The minimum absolute atomic E-state index is 0.0280. The first kappa shape index (κ1) is 18.4. The highest BCUT2D eigenvalue weighted by Crippen LogP contribution is 2.35. The van der Waals surface area contributed by atoms with Crippen molar-refractivity contribution in [3.8, 4) is 0 Å². The summed E-state index contributed by atoms with van der Waals surface area (Å²) in [7, 11) is 0. The van der Waals surface area contributed by atoms with Crippen LogP contribution in [-0.4, -0.2) is 16.9 Å². The zero-order valence-electron chi connectivity index (χ0n) is 16.5. The average Bonchev–Trinajstić information content (AvgIpc) is 2.82. The number of anilines is 2. The van der Waals surface area contributed by atoms with Crippen molar-refractivity contribution in [2.75, 3.05) is 10.2 Å². The molecule has 0 radical (unpaired) electrons. The number of carbonyl (C=O) groups excluding carboxylic acids is 1. The molecule has 1 aromatic carbocycles. The molecule has 1 atom stereocenters. The SMILES string of the molecule is Cc1cc2c(nc1NC(=O)CC(C)(C)C)C[C@H](C)N2Cc1ccccc1. The van der Waals surface area contributed by atoms with E-state index in [-0.39, 0.29) is 11.3 Å². The van der Waals surface area contributed by atoms with Gasteiger partial charge in [0.15, 0.2) is 0 Å². The van der Waals surface area contributed by atoms with Crippen molar-refractivity contribution < 1.29 is 4.79 Å². The number of aryl methyl sites for hydroxylation is 1. The summed E-state index contributed by atoms with van der Waals surface area (Å²) in [5, 5.41) is 3.01. The van der Waals surface area contributed by atoms with Crippen LogP contribution >= 0.6 is 0 Å². The number of hydrogen-bond donors (Lipinski definition) is 1. The van der Waals surface area contributed by atoms with Gasteiger partial charge in [0, 0.05) is 25.4 Å². The number of fused-ring (bicyclic) bond motifs is 1. The second kappa shape index (κ2) is 7.10. The molecular formula is C22H29N3O. The van der Waals surface area contributed by atoms with Crippen LogP contribution < -0.4 is 10.2 Å². The van der Waals surface area contributed by atoms with Crippen LogP contribution in [0.1, 0.15) is 50.9 Å². The fourth-order valence-corrected chi connectivity index (χ4v) is 3.47. The van der Waals surface area contributed by atoms with Gasteiger partial charge in [0.1, 0.15) is 5.82 Å². The van der Waals surface area contributed by atoms with E-state index >= 15 is 0 Å². The number of rotatable bonds is 4. The fraction of sp³-hybridized carbons (Fsp3) is 0.455. The van der Waals surface area contributed by atoms with Crippen LogP contribution in [0.5, 0.6) is 0 Å². The van der Waals surface area contributed by atoms with Crippen molar-refractivity contribution in [2.45, 2.75) is 60.0 Å². The van der Waals surface area contributed by atoms with Crippen molar-refractivity contribution in [1.29, 1.82) is 0 Å². The topological polar surface area (TPSA) is 45.2 Å². The molecule has 0 fully saturated rings. The first-order valence-corrected chi connectivity index (χ1v) is 9.34. The predicted octanol–water partition coefficient (Wildman–Crippen LogP) is 4.72. The van der Waals surface area contributed by atoms with E-state index in [1.165, 1.54) is 11.3 Å². The lowest BCUT2D eigenvalue weighted by Crippen LogP contribution is -2.28. The number of amides is 1. The lowest BCUT2D eigenvalue weighted by atomic mass is 9.92. The largest absolute Gasteiger partial charge is 0.363 e. The number of nitrogens with one attached hydrogen (secondary N) is 1. The molecule has 2 heterocycles. The van der Waals surface area contributed by atoms with Gasteiger partial charge in [-0.2, -0.15) is 0 Å². The number of benzene rings is 1. The maximum Gasteiger partial charge on any atom is 0.226 e. The molecule has 2 aromatic rings. The van der Waals surface area contributed by atoms with Crippen LogP contribution in [0.4, 0.5) is 11.5 Å². The molecule has 0 unspecified atom stereocenters. The maximum absolute atomic E-state index is 12.3. The normalized spacial score (nSPS) is 16.5. The van der Waals surface area contributed by atoms with Crippen LogP contribution in [0.15, 0.2) is 36.4 Å². The third-order valence-electron chi connectivity index (χ3n) is 4.74. The second-order valence-electron chi connectivity index (χ2n) is 8.57. The average molecular weight is 351 g/mol. The summed E-state index contributed by atoms with van der Waals surface area (Å²) in [6, 6.07) is 13.1. The van der Waals surface area contributed by atoms with Crippen LogP contribution in [0.3, 0.4) is 0 Å². The lowest BCUT2D eigenvalue weighted by Gasteiger charge is -2.25. The van der Waals surface area contributed by atoms with Gasteiger partial charge in [0.25, 0.3) is 0 Å². The first-order chi connectivity index (χ1) is 12.2. The van der Waals surface area contributed by atoms with Gasteiger partial charge in [-0.05, 0) is 36.5 Å². The molecule has 0 spiro atoms. The molecule has 0 aliphatic carbocycles. The van der Waals surface area contributed by atoms with Crippen LogP contribution in [0.2, 0.25) is 0 Å². The second-order valence-corrected chi connectivity index (χ2v) is 8.57. The minimum Gasteiger partial charge on any atom is -0.363 e. The molecule has 3 rings (SSSR count). The number of hydrogen-bond acceptors (Lipinski definition) is 3. The number of pyridine rings is 1. The van der Waals surface area contributed by atoms with E-state index in [1.54, 1.807) is 0 Å². The molecule has 1 N–H and O–H groups in total. The summed E-state index contributed by atoms with van der Waals surface area (Å²) in [6.45, 7) is 11.3. The summed E-state index contributed by atoms with van der Waals surface area (Å²) in [5.41, 5.74) is 4.54. The number of aromatic nitrogens is 1. The molecule has 1 amide bonds. The lowest BCUT2D eigenvalue weighted by molar-refractivity contribution is -0.117. The Labute approximate surface area is 156 Å². The molecule has 0 saturated heterocycles. The Bertz CT molecular complexity index is 793. The van der Waals surface area contributed by atoms with Crippen LogP contribution in [0, 0.1) is 12.3 Å². The summed E-state index contributed by atoms with van der Waals surface area (Å²) in [6.07, 6.45) is 1.40. The Kier molecular flexibility index (Phi) is 5.03. The smallest absolute Gasteiger partial charge is 0.226 e. The maximum atomic E-state index is 12.3. The van der Waals surface area contributed by atoms with Crippen molar-refractivity contribution in [2.24, 2.45) is 5.41 Å². The van der Waals surface area contributed by atoms with Gasteiger partial charge < -0.3 is 10.2 Å². The highest BCUT2D eigenvalue weighted by molar-refractivity contribution is 5.91. The van der Waals surface area contributed by atoms with E-state index in [2.05, 4.69) is 68.2 Å². The molecule has 1 aliphatic rings. The third kappa shape index (κ3) is 4.24. The van der Waals surface area contributed by atoms with Gasteiger partial charge in [-0.15, -0.1) is 0 Å². The highest BCUT2D eigenvalue weighted by atomic mass is 16.1. The predicted molar refractivity (Wildman–Crippen MR) is 107 cm³/mol. The Morgan fingerprint density at radius 3 is 2.62 bits per heavy atom. The molecule has 1 aromatic heterocycles. The molecule has 0 saturated carbocycles. The molecule has 1 aliphatic heterocycles. The molecule has 26 heavy (non-hydrogen) atoms. The van der Waals surface area contributed by atoms with Gasteiger partial charge in [-0.1, -0.05) is 51.1 Å². The standard InChI is InChI=1S/C22H29N3O/c1-15-11-19-18(23-21(15)24-20(26)13-22(3,4)5)12-16(2)25(19)14-17-9-7-6-8-10-17/h6-11,16H,12-14H2,1-5H3,(H,23,24,26)/t16-/m0/s1. The zero-order valence-corrected chi connectivity index (χ0v) is 16.5. The van der Waals surface area contributed by atoms with E-state index in [1.807, 2.05) is 13.0 Å². The molecular weight excluding hydrogens is 322 g/mol. The zero-order chi connectivity index (χ0) is 18.9. The third-order valence-corrected chi connectivity index (χ3v) is 4.74. The Hall–Kier alpha value is -2.36. The molecule has 138 valence electrons. The Balaban J connectivity index is 1.81. The molecule has 0 bridgehead atoms. The summed E-state index contributed by atoms with van der Waals surface area (Å²) < 4.78 is 0. The first-order valence-electron chi connectivity index (χ1n) is 9.34. The Morgan fingerprint density at radius 1 is 1.27 bits per heavy atom. The van der Waals surface area contributed by atoms with Gasteiger partial charge in [0.2, 0.25) is 5.91 Å². The van der Waals surface area contributed by atoms with Gasteiger partial charge >= 0.3 is 0 Å². The summed E-state index contributed by atoms with van der Waals surface area (Å²) in [5.74, 6) is 0.729. The van der Waals surface area contributed by atoms with E-state index < -0.39 is 0 Å². The molecule has 4 nitrogen and oxygen atoms in total. The van der Waals surface area contributed by atoms with E-state index in [4.69, 9.17) is 4.98 Å². The van der Waals surface area contributed by atoms with Gasteiger partial charge in [-0.25, -0.2) is 4.98 Å². The van der Waals surface area contributed by atoms with Crippen molar-refractivity contribution in [3.63, 3.8) is 0 Å². The van der Waals surface area contributed by atoms with E-state index in [0.717, 1.165) is 24.2 Å². The Morgan fingerprint density at radius 2 is 1.96 bits per heavy atom. The van der Waals surface area contributed by atoms with Crippen molar-refractivity contribution in [3.05, 3.63) is 53.2 Å². The van der Waals surface area contributed by atoms with E-state index in [0.29, 0.717) is 18.3 Å². The summed E-state index contributed by atoms with van der Waals surface area (Å²) >= 11 is 0. The molecule has 4 heteroatoms. The van der Waals surface area contributed by atoms with E-state index in [9.17, 15) is 4.79 Å². The fourth-order valence-electron chi connectivity index (χ4n) is 3.47. The van der Waals surface area contributed by atoms with Crippen LogP contribution in [0.25, 0.3) is 0 Å². The van der Waals surface area contributed by atoms with Crippen molar-refractivity contribution >= 4 is 17.4 Å². The van der Waals surface area contributed by atoms with Crippen LogP contribution in [-0.2, 0) is 17.8 Å². The monoisotopic (exact) mass is 351 g/mol. The summed E-state index contributed by atoms with van der Waals surface area (Å²) in [4.78, 5) is 19.5.